The summed E-state index contributed by atoms with van der Waals surface area (Å²) in [7, 11) is 0. The van der Waals surface area contributed by atoms with Crippen LogP contribution in [0.25, 0.3) is 11.5 Å². The van der Waals surface area contributed by atoms with Crippen LogP contribution in [0, 0.1) is 0 Å². The average Bonchev–Trinajstić information content (AvgIpc) is 3.26. The predicted octanol–water partition coefficient (Wildman–Crippen LogP) is 4.84. The molecular formula is C22H17N3O4. The highest BCUT2D eigenvalue weighted by Crippen LogP contribution is 2.26. The van der Waals surface area contributed by atoms with E-state index in [4.69, 9.17) is 13.9 Å². The quantitative estimate of drug-likeness (QED) is 0.437. The summed E-state index contributed by atoms with van der Waals surface area (Å²) in [4.78, 5) is 16.8. The Morgan fingerprint density at radius 2 is 1.66 bits per heavy atom. The Morgan fingerprint density at radius 1 is 0.931 bits per heavy atom. The molecule has 0 aliphatic rings. The third-order valence-electron chi connectivity index (χ3n) is 4.04. The zero-order chi connectivity index (χ0) is 20.1. The molecule has 0 saturated carbocycles. The summed E-state index contributed by atoms with van der Waals surface area (Å²) in [6, 6.07) is 21.7. The summed E-state index contributed by atoms with van der Waals surface area (Å²) in [6.07, 6.45) is 0.806. The van der Waals surface area contributed by atoms with Crippen molar-refractivity contribution in [2.24, 2.45) is 0 Å². The Bertz CT molecular complexity index is 1100. The maximum atomic E-state index is 12.7. The van der Waals surface area contributed by atoms with E-state index in [1.54, 1.807) is 37.4 Å². The van der Waals surface area contributed by atoms with E-state index in [0.29, 0.717) is 11.6 Å². The second-order valence-corrected chi connectivity index (χ2v) is 6.13. The van der Waals surface area contributed by atoms with Gasteiger partial charge in [-0.25, -0.2) is 9.78 Å². The van der Waals surface area contributed by atoms with E-state index >= 15 is 0 Å². The molecule has 144 valence electrons. The summed E-state index contributed by atoms with van der Waals surface area (Å²) in [5.74, 6) is 0.685. The number of aromatic nitrogens is 3. The van der Waals surface area contributed by atoms with E-state index in [9.17, 15) is 4.79 Å². The molecule has 2 heterocycles. The number of carbonyl (C=O) groups is 1. The van der Waals surface area contributed by atoms with Crippen molar-refractivity contribution in [3.8, 4) is 23.1 Å². The molecule has 0 spiro atoms. The lowest BCUT2D eigenvalue weighted by Crippen LogP contribution is -2.11. The minimum Gasteiger partial charge on any atom is -0.449 e. The molecule has 0 aliphatic carbocycles. The molecule has 0 saturated heterocycles. The molecule has 2 aromatic carbocycles. The summed E-state index contributed by atoms with van der Waals surface area (Å²) >= 11 is 0. The minimum atomic E-state index is -0.739. The smallest absolute Gasteiger partial charge is 0.344 e. The maximum Gasteiger partial charge on any atom is 0.344 e. The normalized spacial score (nSPS) is 11.6. The standard InChI is InChI=1S/C22H17N3O4/c1-15(19-24-25-20(29-19)16-9-4-2-5-10-16)27-22(26)18-13-8-14-23-21(18)28-17-11-6-3-7-12-17/h2-15H,1H3. The molecule has 0 N–H and O–H groups in total. The Balaban J connectivity index is 1.49. The van der Waals surface area contributed by atoms with Gasteiger partial charge in [0.25, 0.3) is 5.89 Å². The molecule has 1 unspecified atom stereocenters. The summed E-state index contributed by atoms with van der Waals surface area (Å²) < 4.78 is 16.9. The predicted molar refractivity (Wildman–Crippen MR) is 104 cm³/mol. The van der Waals surface area contributed by atoms with Gasteiger partial charge < -0.3 is 13.9 Å². The van der Waals surface area contributed by atoms with Crippen LogP contribution in [0.4, 0.5) is 0 Å². The third-order valence-corrected chi connectivity index (χ3v) is 4.04. The molecule has 7 heteroatoms. The highest BCUT2D eigenvalue weighted by atomic mass is 16.6. The fourth-order valence-electron chi connectivity index (χ4n) is 2.60. The van der Waals surface area contributed by atoms with Crippen molar-refractivity contribution < 1.29 is 18.7 Å². The lowest BCUT2D eigenvalue weighted by Gasteiger charge is -2.12. The Hall–Kier alpha value is -4.00. The van der Waals surface area contributed by atoms with Gasteiger partial charge >= 0.3 is 5.97 Å². The van der Waals surface area contributed by atoms with Crippen LogP contribution in [0.5, 0.6) is 11.6 Å². The van der Waals surface area contributed by atoms with Gasteiger partial charge in [0.15, 0.2) is 6.10 Å². The van der Waals surface area contributed by atoms with Gasteiger partial charge in [0.2, 0.25) is 11.8 Å². The molecule has 4 rings (SSSR count). The third kappa shape index (κ3) is 4.30. The number of hydrogen-bond donors (Lipinski definition) is 0. The van der Waals surface area contributed by atoms with Gasteiger partial charge in [0.1, 0.15) is 11.3 Å². The number of hydrogen-bond acceptors (Lipinski definition) is 7. The monoisotopic (exact) mass is 387 g/mol. The molecule has 0 fully saturated rings. The van der Waals surface area contributed by atoms with Crippen molar-refractivity contribution in [2.45, 2.75) is 13.0 Å². The van der Waals surface area contributed by atoms with Gasteiger partial charge in [-0.15, -0.1) is 10.2 Å². The topological polar surface area (TPSA) is 87.3 Å². The van der Waals surface area contributed by atoms with Crippen molar-refractivity contribution in [3.05, 3.63) is 90.4 Å². The Labute approximate surface area is 167 Å². The molecule has 0 bridgehead atoms. The SMILES string of the molecule is CC(OC(=O)c1cccnc1Oc1ccccc1)c1nnc(-c2ccccc2)o1. The van der Waals surface area contributed by atoms with Gasteiger partial charge in [-0.1, -0.05) is 36.4 Å². The number of carbonyl (C=O) groups excluding carboxylic acids is 1. The second kappa shape index (κ2) is 8.35. The largest absolute Gasteiger partial charge is 0.449 e. The van der Waals surface area contributed by atoms with E-state index in [-0.39, 0.29) is 17.3 Å². The fourth-order valence-corrected chi connectivity index (χ4v) is 2.60. The molecule has 0 amide bonds. The summed E-state index contributed by atoms with van der Waals surface area (Å²) in [6.45, 7) is 1.66. The van der Waals surface area contributed by atoms with Crippen LogP contribution in [0.1, 0.15) is 29.3 Å². The van der Waals surface area contributed by atoms with Crippen molar-refractivity contribution in [2.75, 3.05) is 0 Å². The first-order chi connectivity index (χ1) is 14.2. The van der Waals surface area contributed by atoms with E-state index < -0.39 is 12.1 Å². The van der Waals surface area contributed by atoms with Crippen molar-refractivity contribution in [1.29, 1.82) is 0 Å². The molecule has 2 aromatic heterocycles. The molecule has 7 nitrogen and oxygen atoms in total. The number of pyridine rings is 1. The highest BCUT2D eigenvalue weighted by molar-refractivity contribution is 5.92. The van der Waals surface area contributed by atoms with Crippen LogP contribution < -0.4 is 4.74 Å². The summed E-state index contributed by atoms with van der Waals surface area (Å²) in [5, 5.41) is 8.00. The van der Waals surface area contributed by atoms with Crippen LogP contribution in [0.15, 0.2) is 83.4 Å². The second-order valence-electron chi connectivity index (χ2n) is 6.13. The summed E-state index contributed by atoms with van der Waals surface area (Å²) in [5.41, 5.74) is 0.988. The minimum absolute atomic E-state index is 0.159. The lowest BCUT2D eigenvalue weighted by molar-refractivity contribution is 0.0276. The van der Waals surface area contributed by atoms with E-state index in [1.807, 2.05) is 48.5 Å². The van der Waals surface area contributed by atoms with Crippen LogP contribution in [0.3, 0.4) is 0 Å². The van der Waals surface area contributed by atoms with Crippen LogP contribution in [0.2, 0.25) is 0 Å². The first-order valence-corrected chi connectivity index (χ1v) is 8.98. The number of ether oxygens (including phenoxy) is 2. The maximum absolute atomic E-state index is 12.7. The van der Waals surface area contributed by atoms with Crippen molar-refractivity contribution >= 4 is 5.97 Å². The van der Waals surface area contributed by atoms with Crippen molar-refractivity contribution in [1.82, 2.24) is 15.2 Å². The van der Waals surface area contributed by atoms with E-state index in [0.717, 1.165) is 5.56 Å². The van der Waals surface area contributed by atoms with E-state index in [2.05, 4.69) is 15.2 Å². The highest BCUT2D eigenvalue weighted by Gasteiger charge is 2.23. The van der Waals surface area contributed by atoms with Crippen LogP contribution >= 0.6 is 0 Å². The zero-order valence-electron chi connectivity index (χ0n) is 15.6. The number of nitrogens with zero attached hydrogens (tertiary/aromatic N) is 3. The lowest BCUT2D eigenvalue weighted by atomic mass is 10.2. The van der Waals surface area contributed by atoms with Gasteiger partial charge in [-0.3, -0.25) is 0 Å². The van der Waals surface area contributed by atoms with Gasteiger partial charge in [-0.2, -0.15) is 0 Å². The van der Waals surface area contributed by atoms with Crippen LogP contribution in [-0.2, 0) is 4.74 Å². The first kappa shape index (κ1) is 18.4. The number of para-hydroxylation sites is 1. The average molecular weight is 387 g/mol. The van der Waals surface area contributed by atoms with Gasteiger partial charge in [0.05, 0.1) is 0 Å². The van der Waals surface area contributed by atoms with E-state index in [1.165, 1.54) is 0 Å². The van der Waals surface area contributed by atoms with Gasteiger partial charge in [-0.05, 0) is 43.3 Å². The fraction of sp³-hybridized carbons (Fsp3) is 0.0909. The number of esters is 1. The Morgan fingerprint density at radius 3 is 2.41 bits per heavy atom. The molecule has 0 radical (unpaired) electrons. The van der Waals surface area contributed by atoms with Crippen molar-refractivity contribution in [3.63, 3.8) is 0 Å². The Kier molecular flexibility index (Phi) is 5.29. The van der Waals surface area contributed by atoms with Crippen LogP contribution in [-0.4, -0.2) is 21.2 Å². The first-order valence-electron chi connectivity index (χ1n) is 8.98. The molecule has 1 atom stereocenters. The molecule has 0 aliphatic heterocycles. The number of rotatable bonds is 6. The molecular weight excluding hydrogens is 370 g/mol. The van der Waals surface area contributed by atoms with Gasteiger partial charge in [0, 0.05) is 11.8 Å². The number of benzene rings is 2. The zero-order valence-corrected chi connectivity index (χ0v) is 15.6. The molecule has 29 heavy (non-hydrogen) atoms. The molecule has 4 aromatic rings.